The topological polar surface area (TPSA) is 44.9 Å². The largest absolute Gasteiger partial charge is 0.355 e. The minimum Gasteiger partial charge on any atom is -0.355 e. The highest BCUT2D eigenvalue weighted by atomic mass is 15.3. The molecule has 2 heterocycles. The van der Waals surface area contributed by atoms with E-state index in [4.69, 9.17) is 0 Å². The molecule has 1 fully saturated rings. The molecule has 3 rings (SSSR count). The Morgan fingerprint density at radius 3 is 2.55 bits per heavy atom. The minimum absolute atomic E-state index is 0.122. The van der Waals surface area contributed by atoms with Gasteiger partial charge in [0.05, 0.1) is 18.0 Å². The lowest BCUT2D eigenvalue weighted by Crippen LogP contribution is -2.39. The molecule has 0 N–H and O–H groups in total. The summed E-state index contributed by atoms with van der Waals surface area (Å²) in [4.78, 5) is 2.30. The lowest BCUT2D eigenvalue weighted by atomic mass is 9.78. The molecule has 4 nitrogen and oxygen atoms in total. The second-order valence-electron chi connectivity index (χ2n) is 6.09. The molecule has 0 aliphatic carbocycles. The highest BCUT2D eigenvalue weighted by molar-refractivity contribution is 5.38. The lowest BCUT2D eigenvalue weighted by molar-refractivity contribution is 0.293. The first-order chi connectivity index (χ1) is 10.7. The zero-order valence-corrected chi connectivity index (χ0v) is 13.1. The van der Waals surface area contributed by atoms with Crippen LogP contribution in [0.3, 0.4) is 0 Å². The second-order valence-corrected chi connectivity index (χ2v) is 6.09. The zero-order chi connectivity index (χ0) is 15.4. The van der Waals surface area contributed by atoms with E-state index in [0.717, 1.165) is 44.7 Å². The van der Waals surface area contributed by atoms with Crippen molar-refractivity contribution in [3.63, 3.8) is 0 Å². The van der Waals surface area contributed by atoms with Crippen molar-refractivity contribution in [2.75, 3.05) is 18.0 Å². The number of benzene rings is 1. The smallest absolute Gasteiger partial charge is 0.150 e. The van der Waals surface area contributed by atoms with Crippen LogP contribution in [0.5, 0.6) is 0 Å². The van der Waals surface area contributed by atoms with Crippen LogP contribution < -0.4 is 4.90 Å². The van der Waals surface area contributed by atoms with Gasteiger partial charge in [0.15, 0.2) is 5.82 Å². The SMILES string of the molecule is CCC1(C#N)CCN(c2ccn(Cc3ccccc3)n2)CC1. The van der Waals surface area contributed by atoms with Crippen LogP contribution in [0, 0.1) is 16.7 Å². The summed E-state index contributed by atoms with van der Waals surface area (Å²) < 4.78 is 1.98. The van der Waals surface area contributed by atoms with E-state index >= 15 is 0 Å². The number of hydrogen-bond donors (Lipinski definition) is 0. The summed E-state index contributed by atoms with van der Waals surface area (Å²) in [5, 5.41) is 14.1. The van der Waals surface area contributed by atoms with Crippen LogP contribution in [0.2, 0.25) is 0 Å². The molecule has 0 spiro atoms. The minimum atomic E-state index is -0.122. The second kappa shape index (κ2) is 6.23. The number of nitrogens with zero attached hydrogens (tertiary/aromatic N) is 4. The maximum absolute atomic E-state index is 9.38. The summed E-state index contributed by atoms with van der Waals surface area (Å²) in [6.07, 6.45) is 4.85. The van der Waals surface area contributed by atoms with Crippen molar-refractivity contribution >= 4 is 5.82 Å². The first-order valence-electron chi connectivity index (χ1n) is 7.98. The van der Waals surface area contributed by atoms with Gasteiger partial charge in [0.1, 0.15) is 0 Å². The van der Waals surface area contributed by atoms with Crippen molar-refractivity contribution < 1.29 is 0 Å². The van der Waals surface area contributed by atoms with Crippen LogP contribution in [-0.4, -0.2) is 22.9 Å². The Morgan fingerprint density at radius 1 is 1.18 bits per heavy atom. The first-order valence-corrected chi connectivity index (χ1v) is 7.98. The van der Waals surface area contributed by atoms with E-state index in [-0.39, 0.29) is 5.41 Å². The average Bonchev–Trinajstić information content (AvgIpc) is 3.04. The normalized spacial score (nSPS) is 17.2. The van der Waals surface area contributed by atoms with Crippen LogP contribution in [0.15, 0.2) is 42.6 Å². The molecule has 0 bridgehead atoms. The highest BCUT2D eigenvalue weighted by Gasteiger charge is 2.33. The standard InChI is InChI=1S/C18H22N4/c1-2-18(15-19)9-12-21(13-10-18)17-8-11-22(20-17)14-16-6-4-3-5-7-16/h3-8,11H,2,9-10,12-14H2,1H3. The predicted octanol–water partition coefficient (Wildman–Crippen LogP) is 3.45. The summed E-state index contributed by atoms with van der Waals surface area (Å²) in [5.74, 6) is 1.03. The van der Waals surface area contributed by atoms with E-state index in [0.29, 0.717) is 0 Å². The van der Waals surface area contributed by atoms with Gasteiger partial charge in [0, 0.05) is 25.4 Å². The summed E-state index contributed by atoms with van der Waals surface area (Å²) in [6.45, 7) is 4.76. The Bertz CT molecular complexity index is 645. The maximum atomic E-state index is 9.38. The molecule has 1 aromatic heterocycles. The summed E-state index contributed by atoms with van der Waals surface area (Å²) in [7, 11) is 0. The van der Waals surface area contributed by atoms with Crippen LogP contribution in [0.4, 0.5) is 5.82 Å². The third-order valence-electron chi connectivity index (χ3n) is 4.77. The fourth-order valence-electron chi connectivity index (χ4n) is 3.09. The third-order valence-corrected chi connectivity index (χ3v) is 4.77. The Hall–Kier alpha value is -2.28. The van der Waals surface area contributed by atoms with Crippen molar-refractivity contribution in [1.29, 1.82) is 5.26 Å². The first kappa shape index (κ1) is 14.6. The van der Waals surface area contributed by atoms with Gasteiger partial charge in [0.25, 0.3) is 0 Å². The summed E-state index contributed by atoms with van der Waals surface area (Å²) >= 11 is 0. The average molecular weight is 294 g/mol. The number of hydrogen-bond acceptors (Lipinski definition) is 3. The molecule has 1 saturated heterocycles. The maximum Gasteiger partial charge on any atom is 0.150 e. The number of nitriles is 1. The van der Waals surface area contributed by atoms with Gasteiger partial charge in [-0.1, -0.05) is 37.3 Å². The predicted molar refractivity (Wildman–Crippen MR) is 87.6 cm³/mol. The molecule has 114 valence electrons. The number of anilines is 1. The van der Waals surface area contributed by atoms with Crippen LogP contribution in [0.1, 0.15) is 31.7 Å². The van der Waals surface area contributed by atoms with Crippen LogP contribution in [0.25, 0.3) is 0 Å². The molecule has 4 heteroatoms. The van der Waals surface area contributed by atoms with Crippen molar-refractivity contribution in [2.24, 2.45) is 5.41 Å². The van der Waals surface area contributed by atoms with Gasteiger partial charge in [0.2, 0.25) is 0 Å². The van der Waals surface area contributed by atoms with E-state index in [9.17, 15) is 5.26 Å². The fraction of sp³-hybridized carbons (Fsp3) is 0.444. The molecule has 0 amide bonds. The van der Waals surface area contributed by atoms with Gasteiger partial charge in [-0.2, -0.15) is 10.4 Å². The van der Waals surface area contributed by atoms with Crippen molar-refractivity contribution in [1.82, 2.24) is 9.78 Å². The van der Waals surface area contributed by atoms with Gasteiger partial charge < -0.3 is 4.90 Å². The quantitative estimate of drug-likeness (QED) is 0.867. The van der Waals surface area contributed by atoms with Gasteiger partial charge in [-0.05, 0) is 24.8 Å². The number of aromatic nitrogens is 2. The molecule has 1 aliphatic heterocycles. The molecular weight excluding hydrogens is 272 g/mol. The number of piperidine rings is 1. The summed E-state index contributed by atoms with van der Waals surface area (Å²) in [5.41, 5.74) is 1.13. The van der Waals surface area contributed by atoms with Crippen molar-refractivity contribution in [3.8, 4) is 6.07 Å². The van der Waals surface area contributed by atoms with Crippen molar-refractivity contribution in [2.45, 2.75) is 32.7 Å². The van der Waals surface area contributed by atoms with Gasteiger partial charge in [-0.3, -0.25) is 4.68 Å². The third kappa shape index (κ3) is 2.99. The molecule has 0 atom stereocenters. The molecule has 0 unspecified atom stereocenters. The van der Waals surface area contributed by atoms with E-state index in [1.807, 2.05) is 16.9 Å². The lowest BCUT2D eigenvalue weighted by Gasteiger charge is -2.36. The fourth-order valence-corrected chi connectivity index (χ4v) is 3.09. The Morgan fingerprint density at radius 2 is 1.91 bits per heavy atom. The van der Waals surface area contributed by atoms with Gasteiger partial charge in [-0.15, -0.1) is 0 Å². The van der Waals surface area contributed by atoms with E-state index < -0.39 is 0 Å². The Labute approximate surface area is 132 Å². The Balaban J connectivity index is 1.64. The number of rotatable bonds is 4. The van der Waals surface area contributed by atoms with Crippen molar-refractivity contribution in [3.05, 3.63) is 48.2 Å². The molecule has 1 aromatic carbocycles. The van der Waals surface area contributed by atoms with Crippen LogP contribution >= 0.6 is 0 Å². The van der Waals surface area contributed by atoms with E-state index in [2.05, 4.69) is 53.3 Å². The van der Waals surface area contributed by atoms with Crippen LogP contribution in [-0.2, 0) is 6.54 Å². The molecule has 22 heavy (non-hydrogen) atoms. The van der Waals surface area contributed by atoms with E-state index in [1.165, 1.54) is 5.56 Å². The Kier molecular flexibility index (Phi) is 4.15. The molecular formula is C18H22N4. The van der Waals surface area contributed by atoms with E-state index in [1.54, 1.807) is 0 Å². The molecule has 0 radical (unpaired) electrons. The molecule has 2 aromatic rings. The van der Waals surface area contributed by atoms with Gasteiger partial charge in [-0.25, -0.2) is 0 Å². The summed E-state index contributed by atoms with van der Waals surface area (Å²) in [6, 6.07) is 15.0. The monoisotopic (exact) mass is 294 g/mol. The highest BCUT2D eigenvalue weighted by Crippen LogP contribution is 2.35. The molecule has 1 aliphatic rings. The van der Waals surface area contributed by atoms with Gasteiger partial charge >= 0.3 is 0 Å². The molecule has 0 saturated carbocycles. The zero-order valence-electron chi connectivity index (χ0n) is 13.1.